The van der Waals surface area contributed by atoms with E-state index in [1.165, 1.54) is 16.0 Å². The summed E-state index contributed by atoms with van der Waals surface area (Å²) in [6, 6.07) is 17.9. The van der Waals surface area contributed by atoms with Crippen molar-refractivity contribution in [2.75, 3.05) is 25.9 Å². The molecule has 0 aliphatic carbocycles. The third-order valence-corrected chi connectivity index (χ3v) is 7.98. The van der Waals surface area contributed by atoms with E-state index < -0.39 is 5.60 Å². The number of hydrogen-bond donors (Lipinski definition) is 1. The standard InChI is InChI=1S/C28H29ClN2O2S/c1-34-26-8-2-7-25-24(26)19-20(23-6-3-15-30-27(23)33-25)5-4-16-31-17-13-28(32,14-18-31)21-9-11-22(29)12-10-21/h2-3,5-12,15,32H,4,13-14,16-19H2,1H3/b20-5-. The van der Waals surface area contributed by atoms with Gasteiger partial charge in [-0.2, -0.15) is 0 Å². The number of nitrogens with zero attached hydrogens (tertiary/aromatic N) is 2. The molecule has 0 radical (unpaired) electrons. The van der Waals surface area contributed by atoms with Gasteiger partial charge >= 0.3 is 0 Å². The molecule has 3 heterocycles. The fourth-order valence-corrected chi connectivity index (χ4v) is 5.67. The minimum absolute atomic E-state index is 0.678. The van der Waals surface area contributed by atoms with Gasteiger partial charge in [0.2, 0.25) is 5.88 Å². The van der Waals surface area contributed by atoms with Gasteiger partial charge in [-0.15, -0.1) is 11.8 Å². The quantitative estimate of drug-likeness (QED) is 0.408. The number of aromatic nitrogens is 1. The smallest absolute Gasteiger partial charge is 0.226 e. The summed E-state index contributed by atoms with van der Waals surface area (Å²) < 4.78 is 6.23. The van der Waals surface area contributed by atoms with Gasteiger partial charge in [0.05, 0.1) is 5.60 Å². The molecular formula is C28H29ClN2O2S. The molecule has 0 spiro atoms. The molecule has 1 aromatic heterocycles. The molecule has 0 unspecified atom stereocenters. The van der Waals surface area contributed by atoms with Gasteiger partial charge in [0.15, 0.2) is 0 Å². The first-order chi connectivity index (χ1) is 16.6. The number of allylic oxidation sites excluding steroid dienone is 1. The lowest BCUT2D eigenvalue weighted by Crippen LogP contribution is -2.42. The van der Waals surface area contributed by atoms with Crippen LogP contribution >= 0.6 is 23.4 Å². The summed E-state index contributed by atoms with van der Waals surface area (Å²) in [5.74, 6) is 1.57. The molecule has 2 aliphatic rings. The Morgan fingerprint density at radius 1 is 1.12 bits per heavy atom. The van der Waals surface area contributed by atoms with Crippen LogP contribution in [0.25, 0.3) is 5.57 Å². The van der Waals surface area contributed by atoms with Crippen molar-refractivity contribution in [2.24, 2.45) is 0 Å². The zero-order valence-corrected chi connectivity index (χ0v) is 20.9. The molecule has 0 atom stereocenters. The minimum atomic E-state index is -0.763. The Balaban J connectivity index is 1.28. The average Bonchev–Trinajstić information content (AvgIpc) is 3.02. The topological polar surface area (TPSA) is 45.6 Å². The van der Waals surface area contributed by atoms with Crippen LogP contribution in [0.4, 0.5) is 0 Å². The summed E-state index contributed by atoms with van der Waals surface area (Å²) in [4.78, 5) is 8.20. The van der Waals surface area contributed by atoms with Gasteiger partial charge in [0.25, 0.3) is 0 Å². The molecule has 1 N–H and O–H groups in total. The van der Waals surface area contributed by atoms with Crippen LogP contribution in [0.15, 0.2) is 71.8 Å². The summed E-state index contributed by atoms with van der Waals surface area (Å²) in [5, 5.41) is 11.9. The Hall–Kier alpha value is -2.31. The number of pyridine rings is 1. The van der Waals surface area contributed by atoms with Crippen LogP contribution in [0.3, 0.4) is 0 Å². The molecular weight excluding hydrogens is 464 g/mol. The lowest BCUT2D eigenvalue weighted by atomic mass is 9.84. The third kappa shape index (κ3) is 4.89. The molecule has 1 saturated heterocycles. The SMILES string of the molecule is CSc1cccc2c1C/C(=C/CCN1CCC(O)(c3ccc(Cl)cc3)CC1)c1cccnc1O2. The van der Waals surface area contributed by atoms with E-state index in [0.29, 0.717) is 10.9 Å². The molecule has 2 aliphatic heterocycles. The molecule has 176 valence electrons. The summed E-state index contributed by atoms with van der Waals surface area (Å²) in [6.45, 7) is 2.72. The van der Waals surface area contributed by atoms with Gasteiger partial charge in [0.1, 0.15) is 5.75 Å². The molecule has 4 nitrogen and oxygen atoms in total. The predicted molar refractivity (Wildman–Crippen MR) is 140 cm³/mol. The Morgan fingerprint density at radius 2 is 1.91 bits per heavy atom. The number of hydrogen-bond acceptors (Lipinski definition) is 5. The van der Waals surface area contributed by atoms with E-state index in [9.17, 15) is 5.11 Å². The normalized spacial score (nSPS) is 18.6. The average molecular weight is 493 g/mol. The number of thioether (sulfide) groups is 1. The van der Waals surface area contributed by atoms with Gasteiger partial charge in [-0.05, 0) is 73.1 Å². The van der Waals surface area contributed by atoms with E-state index in [4.69, 9.17) is 16.3 Å². The lowest BCUT2D eigenvalue weighted by Gasteiger charge is -2.38. The molecule has 3 aromatic rings. The predicted octanol–water partition coefficient (Wildman–Crippen LogP) is 6.56. The molecule has 0 bridgehead atoms. The molecule has 1 fully saturated rings. The number of likely N-dealkylation sites (tertiary alicyclic amines) is 1. The van der Waals surface area contributed by atoms with Crippen molar-refractivity contribution < 1.29 is 9.84 Å². The number of ether oxygens (including phenoxy) is 1. The first-order valence-corrected chi connectivity index (χ1v) is 13.3. The molecule has 6 heteroatoms. The first-order valence-electron chi connectivity index (χ1n) is 11.7. The number of piperidine rings is 1. The van der Waals surface area contributed by atoms with Gasteiger partial charge in [-0.3, -0.25) is 0 Å². The molecule has 34 heavy (non-hydrogen) atoms. The van der Waals surface area contributed by atoms with Gasteiger partial charge in [0, 0.05) is 53.3 Å². The van der Waals surface area contributed by atoms with E-state index in [2.05, 4.69) is 34.3 Å². The highest BCUT2D eigenvalue weighted by Crippen LogP contribution is 2.41. The second-order valence-electron chi connectivity index (χ2n) is 8.97. The highest BCUT2D eigenvalue weighted by atomic mass is 35.5. The number of halogens is 1. The van der Waals surface area contributed by atoms with Crippen molar-refractivity contribution in [1.82, 2.24) is 9.88 Å². The van der Waals surface area contributed by atoms with Crippen molar-refractivity contribution in [3.05, 3.63) is 88.6 Å². The first kappa shape index (κ1) is 23.4. The summed E-state index contributed by atoms with van der Waals surface area (Å²) in [6.07, 6.45) is 9.48. The molecule has 2 aromatic carbocycles. The number of rotatable bonds is 5. The Bertz CT molecular complexity index is 1190. The second-order valence-corrected chi connectivity index (χ2v) is 10.3. The third-order valence-electron chi connectivity index (χ3n) is 6.90. The fourth-order valence-electron chi connectivity index (χ4n) is 4.91. The zero-order chi connectivity index (χ0) is 23.5. The van der Waals surface area contributed by atoms with Crippen LogP contribution in [0, 0.1) is 0 Å². The van der Waals surface area contributed by atoms with Crippen molar-refractivity contribution in [3.8, 4) is 11.6 Å². The second kappa shape index (κ2) is 10.1. The van der Waals surface area contributed by atoms with Crippen LogP contribution in [0.2, 0.25) is 5.02 Å². The summed E-state index contributed by atoms with van der Waals surface area (Å²) in [7, 11) is 0. The van der Waals surface area contributed by atoms with E-state index >= 15 is 0 Å². The monoisotopic (exact) mass is 492 g/mol. The molecule has 0 saturated carbocycles. The number of aliphatic hydroxyl groups is 1. The largest absolute Gasteiger partial charge is 0.438 e. The van der Waals surface area contributed by atoms with Crippen molar-refractivity contribution in [2.45, 2.75) is 36.2 Å². The van der Waals surface area contributed by atoms with Gasteiger partial charge in [-0.25, -0.2) is 4.98 Å². The van der Waals surface area contributed by atoms with E-state index in [1.54, 1.807) is 18.0 Å². The van der Waals surface area contributed by atoms with E-state index in [1.807, 2.05) is 42.5 Å². The number of fused-ring (bicyclic) bond motifs is 2. The molecule has 0 amide bonds. The van der Waals surface area contributed by atoms with Crippen LogP contribution in [-0.2, 0) is 12.0 Å². The van der Waals surface area contributed by atoms with Crippen molar-refractivity contribution in [3.63, 3.8) is 0 Å². The van der Waals surface area contributed by atoms with Crippen molar-refractivity contribution in [1.29, 1.82) is 0 Å². The molecule has 5 rings (SSSR count). The highest BCUT2D eigenvalue weighted by molar-refractivity contribution is 7.98. The van der Waals surface area contributed by atoms with Crippen LogP contribution < -0.4 is 4.74 Å². The Labute approximate surface area is 210 Å². The summed E-state index contributed by atoms with van der Waals surface area (Å²) >= 11 is 7.77. The van der Waals surface area contributed by atoms with Crippen LogP contribution in [0.5, 0.6) is 11.6 Å². The van der Waals surface area contributed by atoms with E-state index in [-0.39, 0.29) is 0 Å². The minimum Gasteiger partial charge on any atom is -0.438 e. The van der Waals surface area contributed by atoms with Crippen LogP contribution in [-0.4, -0.2) is 40.9 Å². The lowest BCUT2D eigenvalue weighted by molar-refractivity contribution is -0.0254. The van der Waals surface area contributed by atoms with Crippen LogP contribution in [0.1, 0.15) is 36.0 Å². The highest BCUT2D eigenvalue weighted by Gasteiger charge is 2.33. The number of benzene rings is 2. The maximum Gasteiger partial charge on any atom is 0.226 e. The van der Waals surface area contributed by atoms with Gasteiger partial charge < -0.3 is 14.7 Å². The Morgan fingerprint density at radius 3 is 2.68 bits per heavy atom. The van der Waals surface area contributed by atoms with Crippen molar-refractivity contribution >= 4 is 28.9 Å². The fraction of sp³-hybridized carbons (Fsp3) is 0.321. The van der Waals surface area contributed by atoms with E-state index in [0.717, 1.165) is 62.2 Å². The Kier molecular flexibility index (Phi) is 6.98. The maximum absolute atomic E-state index is 11.2. The zero-order valence-electron chi connectivity index (χ0n) is 19.3. The van der Waals surface area contributed by atoms with Gasteiger partial charge in [-0.1, -0.05) is 35.9 Å². The summed E-state index contributed by atoms with van der Waals surface area (Å²) in [5.41, 5.74) is 3.76. The maximum atomic E-state index is 11.2.